The number of hydrogen-bond donors (Lipinski definition) is 1. The van der Waals surface area contributed by atoms with Gasteiger partial charge in [0.05, 0.1) is 42.1 Å². The van der Waals surface area contributed by atoms with Crippen LogP contribution in [0.15, 0.2) is 48.5 Å². The van der Waals surface area contributed by atoms with Gasteiger partial charge < -0.3 is 14.8 Å². The number of benzene rings is 2. The lowest BCUT2D eigenvalue weighted by molar-refractivity contribution is 0.00439. The molecule has 0 aliphatic carbocycles. The second-order valence-corrected chi connectivity index (χ2v) is 11.8. The number of carbonyl (C=O) groups excluding carboxylic acids is 5. The number of carbonyl (C=O) groups is 5. The van der Waals surface area contributed by atoms with E-state index >= 15 is 0 Å². The van der Waals surface area contributed by atoms with Gasteiger partial charge >= 0.3 is 12.2 Å². The van der Waals surface area contributed by atoms with Crippen molar-refractivity contribution in [3.63, 3.8) is 0 Å². The summed E-state index contributed by atoms with van der Waals surface area (Å²) in [5.41, 5.74) is 0.364. The Kier molecular flexibility index (Phi) is 7.33. The summed E-state index contributed by atoms with van der Waals surface area (Å²) in [6.45, 7) is 10.4. The molecule has 5 rings (SSSR count). The normalized spacial score (nSPS) is 15.3. The first-order valence-electron chi connectivity index (χ1n) is 13.9. The quantitative estimate of drug-likeness (QED) is 0.415. The molecular formula is C31H33N5O7. The standard InChI is InChI=1S/C31H33N5O7/c1-7-42-29(41)36-24(22-17-35(28(40)43-30(2,3)4)31(5,6)23(22)33-36)32-25(37)19-13-9-8-12-18(19)16-34-26(38)20-14-10-11-15-21(20)27(34)39/h8-15H,7,16-17H2,1-6H3,(H,32,37). The highest BCUT2D eigenvalue weighted by molar-refractivity contribution is 6.21. The number of hydrogen-bond acceptors (Lipinski definition) is 8. The lowest BCUT2D eigenvalue weighted by atomic mass is 10.0. The van der Waals surface area contributed by atoms with Crippen LogP contribution < -0.4 is 5.32 Å². The minimum Gasteiger partial charge on any atom is -0.448 e. The molecule has 2 aliphatic heterocycles. The average molecular weight is 588 g/mol. The van der Waals surface area contributed by atoms with Crippen molar-refractivity contribution < 1.29 is 33.4 Å². The SMILES string of the molecule is CCOC(=O)n1nc2c(c1NC(=O)c1ccccc1CN1C(=O)c3ccccc3C1=O)CN(C(=O)OC(C)(C)C)C2(C)C. The number of nitrogens with zero attached hydrogens (tertiary/aromatic N) is 4. The molecule has 224 valence electrons. The third-order valence-electron chi connectivity index (χ3n) is 7.31. The Balaban J connectivity index is 1.47. The summed E-state index contributed by atoms with van der Waals surface area (Å²) < 4.78 is 11.8. The molecule has 12 heteroatoms. The van der Waals surface area contributed by atoms with Gasteiger partial charge in [0.2, 0.25) is 0 Å². The van der Waals surface area contributed by atoms with Crippen molar-refractivity contribution in [2.75, 3.05) is 11.9 Å². The van der Waals surface area contributed by atoms with E-state index in [1.54, 1.807) is 90.1 Å². The Bertz CT molecular complexity index is 1630. The van der Waals surface area contributed by atoms with Gasteiger partial charge in [0.1, 0.15) is 11.4 Å². The van der Waals surface area contributed by atoms with Crippen LogP contribution in [0.1, 0.15) is 89.4 Å². The lowest BCUT2D eigenvalue weighted by Crippen LogP contribution is -2.44. The van der Waals surface area contributed by atoms with Crippen LogP contribution in [0.25, 0.3) is 0 Å². The maximum Gasteiger partial charge on any atom is 0.436 e. The monoisotopic (exact) mass is 587 g/mol. The smallest absolute Gasteiger partial charge is 0.436 e. The van der Waals surface area contributed by atoms with E-state index in [0.29, 0.717) is 27.9 Å². The molecule has 0 spiro atoms. The van der Waals surface area contributed by atoms with Gasteiger partial charge in [-0.3, -0.25) is 24.2 Å². The van der Waals surface area contributed by atoms with Crippen molar-refractivity contribution in [3.05, 3.63) is 82.0 Å². The molecule has 0 atom stereocenters. The molecule has 4 amide bonds. The minimum atomic E-state index is -0.974. The van der Waals surface area contributed by atoms with Crippen molar-refractivity contribution in [2.45, 2.75) is 65.8 Å². The average Bonchev–Trinajstić information content (AvgIpc) is 3.52. The zero-order chi connectivity index (χ0) is 31.3. The number of ether oxygens (including phenoxy) is 2. The van der Waals surface area contributed by atoms with Crippen LogP contribution in [0.3, 0.4) is 0 Å². The third-order valence-corrected chi connectivity index (χ3v) is 7.31. The van der Waals surface area contributed by atoms with Crippen LogP contribution in [0.2, 0.25) is 0 Å². The van der Waals surface area contributed by atoms with E-state index in [0.717, 1.165) is 9.58 Å². The molecule has 0 radical (unpaired) electrons. The van der Waals surface area contributed by atoms with E-state index in [9.17, 15) is 24.0 Å². The third kappa shape index (κ3) is 5.24. The molecule has 1 aromatic heterocycles. The fraction of sp³-hybridized carbons (Fsp3) is 0.355. The topological polar surface area (TPSA) is 140 Å². The maximum absolute atomic E-state index is 13.8. The van der Waals surface area contributed by atoms with Crippen LogP contribution in [-0.2, 0) is 28.1 Å². The Morgan fingerprint density at radius 3 is 2.16 bits per heavy atom. The zero-order valence-corrected chi connectivity index (χ0v) is 24.9. The minimum absolute atomic E-state index is 0.0168. The molecule has 0 fully saturated rings. The lowest BCUT2D eigenvalue weighted by Gasteiger charge is -2.33. The van der Waals surface area contributed by atoms with E-state index in [2.05, 4.69) is 10.4 Å². The van der Waals surface area contributed by atoms with Gasteiger partial charge in [-0.05, 0) is 65.3 Å². The molecule has 43 heavy (non-hydrogen) atoms. The first-order chi connectivity index (χ1) is 20.2. The van der Waals surface area contributed by atoms with Gasteiger partial charge in [0.15, 0.2) is 0 Å². The van der Waals surface area contributed by atoms with Crippen molar-refractivity contribution in [2.24, 2.45) is 0 Å². The summed E-state index contributed by atoms with van der Waals surface area (Å²) in [5, 5.41) is 7.26. The Morgan fingerprint density at radius 1 is 0.953 bits per heavy atom. The largest absolute Gasteiger partial charge is 0.448 e. The Morgan fingerprint density at radius 2 is 1.56 bits per heavy atom. The first-order valence-corrected chi connectivity index (χ1v) is 13.9. The van der Waals surface area contributed by atoms with Crippen LogP contribution in [-0.4, -0.2) is 61.7 Å². The number of fused-ring (bicyclic) bond motifs is 2. The summed E-state index contributed by atoms with van der Waals surface area (Å²) in [5.74, 6) is -1.45. The van der Waals surface area contributed by atoms with Gasteiger partial charge in [-0.1, -0.05) is 30.3 Å². The molecule has 0 saturated carbocycles. The molecule has 3 heterocycles. The fourth-order valence-corrected chi connectivity index (χ4v) is 5.24. The number of rotatable bonds is 5. The number of imide groups is 1. The maximum atomic E-state index is 13.8. The van der Waals surface area contributed by atoms with E-state index < -0.39 is 41.0 Å². The summed E-state index contributed by atoms with van der Waals surface area (Å²) in [6, 6.07) is 13.1. The first kappa shape index (κ1) is 29.5. The summed E-state index contributed by atoms with van der Waals surface area (Å²) in [7, 11) is 0. The summed E-state index contributed by atoms with van der Waals surface area (Å²) in [6.07, 6.45) is -1.37. The van der Waals surface area contributed by atoms with E-state index in [1.807, 2.05) is 0 Å². The number of aromatic nitrogens is 2. The molecular weight excluding hydrogens is 554 g/mol. The van der Waals surface area contributed by atoms with E-state index in [1.165, 1.54) is 4.90 Å². The van der Waals surface area contributed by atoms with Gasteiger partial charge in [-0.15, -0.1) is 4.68 Å². The van der Waals surface area contributed by atoms with Gasteiger partial charge in [0, 0.05) is 11.1 Å². The molecule has 2 aliphatic rings. The van der Waals surface area contributed by atoms with Crippen LogP contribution >= 0.6 is 0 Å². The number of anilines is 1. The summed E-state index contributed by atoms with van der Waals surface area (Å²) >= 11 is 0. The van der Waals surface area contributed by atoms with Gasteiger partial charge in [-0.2, -0.15) is 5.10 Å². The zero-order valence-electron chi connectivity index (χ0n) is 24.9. The molecule has 3 aromatic rings. The van der Waals surface area contributed by atoms with Gasteiger partial charge in [0.25, 0.3) is 17.7 Å². The second kappa shape index (κ2) is 10.7. The molecule has 0 unspecified atom stereocenters. The molecule has 0 saturated heterocycles. The van der Waals surface area contributed by atoms with Crippen LogP contribution in [0.5, 0.6) is 0 Å². The Labute approximate surface area is 248 Å². The van der Waals surface area contributed by atoms with Crippen LogP contribution in [0.4, 0.5) is 15.4 Å². The van der Waals surface area contributed by atoms with Crippen molar-refractivity contribution in [1.82, 2.24) is 19.6 Å². The predicted molar refractivity (Wildman–Crippen MR) is 154 cm³/mol. The van der Waals surface area contributed by atoms with Crippen LogP contribution in [0, 0.1) is 0 Å². The molecule has 1 N–H and O–H groups in total. The molecule has 0 bridgehead atoms. The van der Waals surface area contributed by atoms with Crippen molar-refractivity contribution in [1.29, 1.82) is 0 Å². The van der Waals surface area contributed by atoms with Gasteiger partial charge in [-0.25, -0.2) is 9.59 Å². The fourth-order valence-electron chi connectivity index (χ4n) is 5.24. The highest BCUT2D eigenvalue weighted by Gasteiger charge is 2.47. The summed E-state index contributed by atoms with van der Waals surface area (Å²) in [4.78, 5) is 68.4. The highest BCUT2D eigenvalue weighted by Crippen LogP contribution is 2.42. The Hall–Kier alpha value is -5.00. The second-order valence-electron chi connectivity index (χ2n) is 11.8. The molecule has 2 aromatic carbocycles. The highest BCUT2D eigenvalue weighted by atomic mass is 16.6. The van der Waals surface area contributed by atoms with E-state index in [-0.39, 0.29) is 31.1 Å². The van der Waals surface area contributed by atoms with E-state index in [4.69, 9.17) is 9.47 Å². The van der Waals surface area contributed by atoms with Crippen molar-refractivity contribution >= 4 is 35.7 Å². The number of amides is 4. The number of nitrogens with one attached hydrogen (secondary N) is 1. The predicted octanol–water partition coefficient (Wildman–Crippen LogP) is 4.92. The molecule has 12 nitrogen and oxygen atoms in total. The van der Waals surface area contributed by atoms with Crippen molar-refractivity contribution in [3.8, 4) is 0 Å².